The molecule has 27 heavy (non-hydrogen) atoms. The minimum Gasteiger partial charge on any atom is -0.377 e. The minimum atomic E-state index is 0.160. The Balaban J connectivity index is 1.47. The molecule has 6 heteroatoms. The van der Waals surface area contributed by atoms with Gasteiger partial charge in [-0.05, 0) is 30.4 Å². The summed E-state index contributed by atoms with van der Waals surface area (Å²) in [5.41, 5.74) is 2.23. The number of nitrogens with zero attached hydrogens (tertiary/aromatic N) is 3. The molecule has 0 radical (unpaired) electrons. The summed E-state index contributed by atoms with van der Waals surface area (Å²) in [6.07, 6.45) is 7.60. The molecule has 2 aromatic heterocycles. The van der Waals surface area contributed by atoms with Crippen LogP contribution in [0.4, 0.5) is 0 Å². The summed E-state index contributed by atoms with van der Waals surface area (Å²) in [6, 6.07) is 6.05. The Morgan fingerprint density at radius 3 is 2.93 bits per heavy atom. The third kappa shape index (κ3) is 5.22. The van der Waals surface area contributed by atoms with Crippen molar-refractivity contribution in [1.82, 2.24) is 20.0 Å². The normalized spacial score (nSPS) is 21.4. The summed E-state index contributed by atoms with van der Waals surface area (Å²) >= 11 is 0. The molecule has 1 aliphatic rings. The van der Waals surface area contributed by atoms with Crippen LogP contribution >= 0.6 is 0 Å². The molecule has 2 aromatic rings. The largest absolute Gasteiger partial charge is 0.377 e. The first kappa shape index (κ1) is 19.7. The maximum absolute atomic E-state index is 6.08. The van der Waals surface area contributed by atoms with Gasteiger partial charge in [0.1, 0.15) is 5.65 Å². The van der Waals surface area contributed by atoms with Gasteiger partial charge >= 0.3 is 0 Å². The number of nitrogens with one attached hydrogen (secondary N) is 2. The van der Waals surface area contributed by atoms with E-state index in [4.69, 9.17) is 4.74 Å². The molecular formula is C21H33N5O. The Kier molecular flexibility index (Phi) is 6.37. The van der Waals surface area contributed by atoms with Gasteiger partial charge in [0, 0.05) is 51.5 Å². The third-order valence-corrected chi connectivity index (χ3v) is 5.14. The molecule has 3 heterocycles. The van der Waals surface area contributed by atoms with Crippen molar-refractivity contribution >= 4 is 11.6 Å². The number of guanidine groups is 1. The van der Waals surface area contributed by atoms with Gasteiger partial charge in [0.25, 0.3) is 0 Å². The molecule has 2 atom stereocenters. The van der Waals surface area contributed by atoms with Crippen molar-refractivity contribution in [2.45, 2.75) is 46.1 Å². The molecular weight excluding hydrogens is 338 g/mol. The van der Waals surface area contributed by atoms with Crippen LogP contribution in [0.3, 0.4) is 0 Å². The van der Waals surface area contributed by atoms with Gasteiger partial charge in [0.15, 0.2) is 5.96 Å². The van der Waals surface area contributed by atoms with E-state index in [9.17, 15) is 0 Å². The van der Waals surface area contributed by atoms with E-state index in [1.165, 1.54) is 6.42 Å². The number of pyridine rings is 1. The predicted molar refractivity (Wildman–Crippen MR) is 110 cm³/mol. The summed E-state index contributed by atoms with van der Waals surface area (Å²) in [4.78, 5) is 9.00. The van der Waals surface area contributed by atoms with E-state index in [1.54, 1.807) is 0 Å². The van der Waals surface area contributed by atoms with Gasteiger partial charge in [-0.15, -0.1) is 0 Å². The van der Waals surface area contributed by atoms with Crippen LogP contribution in [0.15, 0.2) is 35.6 Å². The second kappa shape index (κ2) is 8.74. The highest BCUT2D eigenvalue weighted by molar-refractivity contribution is 5.79. The Morgan fingerprint density at radius 1 is 1.33 bits per heavy atom. The second-order valence-corrected chi connectivity index (χ2v) is 8.39. The Hall–Kier alpha value is -2.08. The van der Waals surface area contributed by atoms with Gasteiger partial charge < -0.3 is 19.8 Å². The van der Waals surface area contributed by atoms with Gasteiger partial charge in [0.05, 0.1) is 11.8 Å². The first-order chi connectivity index (χ1) is 13.0. The summed E-state index contributed by atoms with van der Waals surface area (Å²) in [6.45, 7) is 9.35. The third-order valence-electron chi connectivity index (χ3n) is 5.14. The van der Waals surface area contributed by atoms with Crippen molar-refractivity contribution in [3.8, 4) is 0 Å². The van der Waals surface area contributed by atoms with E-state index in [0.29, 0.717) is 5.92 Å². The fourth-order valence-electron chi connectivity index (χ4n) is 3.87. The van der Waals surface area contributed by atoms with Crippen molar-refractivity contribution < 1.29 is 4.74 Å². The average Bonchev–Trinajstić information content (AvgIpc) is 3.06. The molecule has 1 fully saturated rings. The van der Waals surface area contributed by atoms with E-state index in [2.05, 4.69) is 52.0 Å². The Bertz CT molecular complexity index is 728. The maximum Gasteiger partial charge on any atom is 0.191 e. The molecule has 0 spiro atoms. The number of fused-ring (bicyclic) bond motifs is 1. The number of imidazole rings is 1. The summed E-state index contributed by atoms with van der Waals surface area (Å²) in [5, 5.41) is 6.89. The molecule has 1 aliphatic heterocycles. The van der Waals surface area contributed by atoms with Crippen molar-refractivity contribution in [1.29, 1.82) is 0 Å². The fourth-order valence-corrected chi connectivity index (χ4v) is 3.87. The molecule has 0 aromatic carbocycles. The second-order valence-electron chi connectivity index (χ2n) is 8.39. The lowest BCUT2D eigenvalue weighted by atomic mass is 9.78. The lowest BCUT2D eigenvalue weighted by molar-refractivity contribution is -0.0835. The summed E-state index contributed by atoms with van der Waals surface area (Å²) in [5.74, 6) is 1.35. The highest BCUT2D eigenvalue weighted by atomic mass is 16.5. The Labute approximate surface area is 162 Å². The van der Waals surface area contributed by atoms with Crippen LogP contribution in [0, 0.1) is 11.3 Å². The predicted octanol–water partition coefficient (Wildman–Crippen LogP) is 2.88. The lowest BCUT2D eigenvalue weighted by Gasteiger charge is -2.40. The van der Waals surface area contributed by atoms with Gasteiger partial charge in [-0.25, -0.2) is 4.98 Å². The van der Waals surface area contributed by atoms with Crippen LogP contribution in [-0.2, 0) is 11.2 Å². The average molecular weight is 372 g/mol. The zero-order chi connectivity index (χ0) is 19.3. The van der Waals surface area contributed by atoms with E-state index < -0.39 is 0 Å². The molecule has 148 valence electrons. The number of aliphatic imine (C=N–C) groups is 1. The summed E-state index contributed by atoms with van der Waals surface area (Å²) < 4.78 is 8.13. The molecule has 2 unspecified atom stereocenters. The molecule has 1 saturated heterocycles. The monoisotopic (exact) mass is 371 g/mol. The first-order valence-electron chi connectivity index (χ1n) is 9.96. The standard InChI is InChI=1S/C21H33N5O/c1-21(2,3)19-16(8-7-13-27-19)14-24-20(22-4)23-11-10-17-15-26-12-6-5-9-18(26)25-17/h5-6,9,12,15-16,19H,7-8,10-11,13-14H2,1-4H3,(H2,22,23,24). The van der Waals surface area contributed by atoms with Crippen molar-refractivity contribution in [2.24, 2.45) is 16.3 Å². The van der Waals surface area contributed by atoms with Crippen LogP contribution in [0.2, 0.25) is 0 Å². The topological polar surface area (TPSA) is 63.0 Å². The lowest BCUT2D eigenvalue weighted by Crippen LogP contribution is -2.47. The molecule has 3 rings (SSSR count). The molecule has 0 amide bonds. The van der Waals surface area contributed by atoms with Crippen molar-refractivity contribution in [2.75, 3.05) is 26.7 Å². The van der Waals surface area contributed by atoms with Crippen LogP contribution < -0.4 is 10.6 Å². The Morgan fingerprint density at radius 2 is 2.19 bits per heavy atom. The molecule has 0 aliphatic carbocycles. The number of hydrogen-bond acceptors (Lipinski definition) is 3. The number of ether oxygens (including phenoxy) is 1. The highest BCUT2D eigenvalue weighted by Crippen LogP contribution is 2.33. The first-order valence-corrected chi connectivity index (χ1v) is 9.96. The van der Waals surface area contributed by atoms with E-state index in [-0.39, 0.29) is 11.5 Å². The molecule has 0 saturated carbocycles. The van der Waals surface area contributed by atoms with Gasteiger partial charge in [0.2, 0.25) is 0 Å². The molecule has 2 N–H and O–H groups in total. The number of aromatic nitrogens is 2. The fraction of sp³-hybridized carbons (Fsp3) is 0.619. The summed E-state index contributed by atoms with van der Waals surface area (Å²) in [7, 11) is 1.82. The highest BCUT2D eigenvalue weighted by Gasteiger charge is 2.35. The number of rotatable bonds is 5. The maximum atomic E-state index is 6.08. The van der Waals surface area contributed by atoms with Gasteiger partial charge in [-0.3, -0.25) is 4.99 Å². The quantitative estimate of drug-likeness (QED) is 0.627. The zero-order valence-corrected chi connectivity index (χ0v) is 17.0. The molecule has 6 nitrogen and oxygen atoms in total. The van der Waals surface area contributed by atoms with E-state index >= 15 is 0 Å². The smallest absolute Gasteiger partial charge is 0.191 e. The van der Waals surface area contributed by atoms with Crippen molar-refractivity contribution in [3.05, 3.63) is 36.3 Å². The van der Waals surface area contributed by atoms with E-state index in [0.717, 1.165) is 49.8 Å². The zero-order valence-electron chi connectivity index (χ0n) is 17.0. The molecule has 0 bridgehead atoms. The van der Waals surface area contributed by atoms with Crippen LogP contribution in [0.25, 0.3) is 5.65 Å². The van der Waals surface area contributed by atoms with Crippen LogP contribution in [0.5, 0.6) is 0 Å². The van der Waals surface area contributed by atoms with Gasteiger partial charge in [-0.1, -0.05) is 26.8 Å². The van der Waals surface area contributed by atoms with Crippen molar-refractivity contribution in [3.63, 3.8) is 0 Å². The van der Waals surface area contributed by atoms with E-state index in [1.807, 2.05) is 31.4 Å². The minimum absolute atomic E-state index is 0.160. The van der Waals surface area contributed by atoms with Crippen LogP contribution in [0.1, 0.15) is 39.3 Å². The SMILES string of the molecule is CN=C(NCCc1cn2ccccc2n1)NCC1CCCOC1C(C)(C)C. The van der Waals surface area contributed by atoms with Gasteiger partial charge in [-0.2, -0.15) is 0 Å². The van der Waals surface area contributed by atoms with Crippen LogP contribution in [-0.4, -0.2) is 48.2 Å². The number of hydrogen-bond donors (Lipinski definition) is 2.